The van der Waals surface area contributed by atoms with Gasteiger partial charge >= 0.3 is 0 Å². The van der Waals surface area contributed by atoms with E-state index in [1.54, 1.807) is 0 Å². The first-order valence-corrected chi connectivity index (χ1v) is 5.04. The highest BCUT2D eigenvalue weighted by Gasteiger charge is 2.02. The van der Waals surface area contributed by atoms with Gasteiger partial charge in [-0.1, -0.05) is 36.8 Å². The predicted octanol–water partition coefficient (Wildman–Crippen LogP) is 3.06. The molecule has 1 nitrogen and oxygen atoms in total. The topological polar surface area (TPSA) is 12.0 Å². The van der Waals surface area contributed by atoms with Crippen LogP contribution in [0.3, 0.4) is 0 Å². The Kier molecular flexibility index (Phi) is 3.97. The van der Waals surface area contributed by atoms with Crippen molar-refractivity contribution in [2.24, 2.45) is 0 Å². The van der Waals surface area contributed by atoms with Crippen LogP contribution in [0.15, 0.2) is 24.3 Å². The molecule has 1 aromatic rings. The van der Waals surface area contributed by atoms with E-state index in [1.165, 1.54) is 17.5 Å². The van der Waals surface area contributed by atoms with Gasteiger partial charge in [-0.3, -0.25) is 0 Å². The molecular weight excluding hydrogens is 158 g/mol. The van der Waals surface area contributed by atoms with Crippen LogP contribution in [0.25, 0.3) is 0 Å². The second-order valence-corrected chi connectivity index (χ2v) is 3.59. The minimum absolute atomic E-state index is 0.472. The molecule has 72 valence electrons. The lowest BCUT2D eigenvalue weighted by atomic mass is 10.1. The van der Waals surface area contributed by atoms with Crippen molar-refractivity contribution in [1.82, 2.24) is 5.32 Å². The Morgan fingerprint density at radius 3 is 2.77 bits per heavy atom. The molecule has 1 aromatic carbocycles. The van der Waals surface area contributed by atoms with E-state index in [0.29, 0.717) is 6.04 Å². The summed E-state index contributed by atoms with van der Waals surface area (Å²) in [4.78, 5) is 0. The van der Waals surface area contributed by atoms with Crippen LogP contribution in [0, 0.1) is 6.92 Å². The molecule has 13 heavy (non-hydrogen) atoms. The number of benzene rings is 1. The van der Waals surface area contributed by atoms with Crippen LogP contribution in [-0.4, -0.2) is 6.54 Å². The maximum absolute atomic E-state index is 3.48. The molecule has 0 aliphatic heterocycles. The summed E-state index contributed by atoms with van der Waals surface area (Å²) in [7, 11) is 0. The van der Waals surface area contributed by atoms with Gasteiger partial charge in [-0.2, -0.15) is 0 Å². The van der Waals surface area contributed by atoms with Crippen molar-refractivity contribution < 1.29 is 0 Å². The van der Waals surface area contributed by atoms with E-state index < -0.39 is 0 Å². The van der Waals surface area contributed by atoms with Gasteiger partial charge in [-0.05, 0) is 32.4 Å². The van der Waals surface area contributed by atoms with Crippen LogP contribution in [0.2, 0.25) is 0 Å². The summed E-state index contributed by atoms with van der Waals surface area (Å²) in [5.74, 6) is 0. The molecule has 0 spiro atoms. The van der Waals surface area contributed by atoms with Gasteiger partial charge in [0.25, 0.3) is 0 Å². The highest BCUT2D eigenvalue weighted by molar-refractivity contribution is 5.24. The first kappa shape index (κ1) is 10.3. The van der Waals surface area contributed by atoms with E-state index in [4.69, 9.17) is 0 Å². The van der Waals surface area contributed by atoms with Crippen molar-refractivity contribution in [2.45, 2.75) is 33.2 Å². The van der Waals surface area contributed by atoms with E-state index in [9.17, 15) is 0 Å². The quantitative estimate of drug-likeness (QED) is 0.745. The summed E-state index contributed by atoms with van der Waals surface area (Å²) in [5.41, 5.74) is 2.72. The summed E-state index contributed by atoms with van der Waals surface area (Å²) in [6.45, 7) is 7.63. The first-order chi connectivity index (χ1) is 6.24. The minimum atomic E-state index is 0.472. The van der Waals surface area contributed by atoms with Gasteiger partial charge in [0, 0.05) is 6.04 Å². The van der Waals surface area contributed by atoms with Gasteiger partial charge in [-0.25, -0.2) is 0 Å². The van der Waals surface area contributed by atoms with Crippen molar-refractivity contribution in [3.05, 3.63) is 35.4 Å². The van der Waals surface area contributed by atoms with Crippen LogP contribution < -0.4 is 5.32 Å². The Balaban J connectivity index is 2.60. The van der Waals surface area contributed by atoms with Crippen molar-refractivity contribution in [1.29, 1.82) is 0 Å². The molecule has 0 unspecified atom stereocenters. The molecule has 1 heteroatoms. The SMILES string of the molecule is CCCN[C@H](C)c1cccc(C)c1. The van der Waals surface area contributed by atoms with Crippen molar-refractivity contribution >= 4 is 0 Å². The van der Waals surface area contributed by atoms with Gasteiger partial charge < -0.3 is 5.32 Å². The van der Waals surface area contributed by atoms with Crippen LogP contribution in [0.5, 0.6) is 0 Å². The van der Waals surface area contributed by atoms with Crippen LogP contribution >= 0.6 is 0 Å². The zero-order valence-electron chi connectivity index (χ0n) is 8.80. The molecule has 1 N–H and O–H groups in total. The number of rotatable bonds is 4. The molecule has 0 heterocycles. The van der Waals surface area contributed by atoms with Gasteiger partial charge in [0.15, 0.2) is 0 Å². The summed E-state index contributed by atoms with van der Waals surface area (Å²) < 4.78 is 0. The number of hydrogen-bond donors (Lipinski definition) is 1. The molecule has 0 amide bonds. The Morgan fingerprint density at radius 1 is 1.38 bits per heavy atom. The normalized spacial score (nSPS) is 12.8. The number of aryl methyl sites for hydroxylation is 1. The third-order valence-corrected chi connectivity index (χ3v) is 2.24. The average Bonchev–Trinajstić information content (AvgIpc) is 2.14. The van der Waals surface area contributed by atoms with E-state index in [-0.39, 0.29) is 0 Å². The second kappa shape index (κ2) is 5.03. The Hall–Kier alpha value is -0.820. The maximum Gasteiger partial charge on any atom is 0.0291 e. The number of nitrogens with one attached hydrogen (secondary N) is 1. The summed E-state index contributed by atoms with van der Waals surface area (Å²) in [5, 5.41) is 3.48. The van der Waals surface area contributed by atoms with Crippen LogP contribution in [0.4, 0.5) is 0 Å². The lowest BCUT2D eigenvalue weighted by molar-refractivity contribution is 0.570. The fraction of sp³-hybridized carbons (Fsp3) is 0.500. The molecule has 1 atom stereocenters. The third kappa shape index (κ3) is 3.19. The fourth-order valence-corrected chi connectivity index (χ4v) is 1.42. The largest absolute Gasteiger partial charge is 0.310 e. The zero-order valence-corrected chi connectivity index (χ0v) is 8.80. The lowest BCUT2D eigenvalue weighted by Gasteiger charge is -2.13. The first-order valence-electron chi connectivity index (χ1n) is 5.04. The van der Waals surface area contributed by atoms with E-state index in [2.05, 4.69) is 50.4 Å². The van der Waals surface area contributed by atoms with Crippen LogP contribution in [0.1, 0.15) is 37.4 Å². The Morgan fingerprint density at radius 2 is 2.15 bits per heavy atom. The smallest absolute Gasteiger partial charge is 0.0291 e. The summed E-state index contributed by atoms with van der Waals surface area (Å²) in [6.07, 6.45) is 1.19. The fourth-order valence-electron chi connectivity index (χ4n) is 1.42. The van der Waals surface area contributed by atoms with E-state index in [1.807, 2.05) is 0 Å². The molecule has 0 aliphatic carbocycles. The molecule has 0 aromatic heterocycles. The zero-order chi connectivity index (χ0) is 9.68. The molecule has 0 fully saturated rings. The monoisotopic (exact) mass is 177 g/mol. The van der Waals surface area contributed by atoms with Gasteiger partial charge in [0.1, 0.15) is 0 Å². The average molecular weight is 177 g/mol. The molecular formula is C12H19N. The van der Waals surface area contributed by atoms with Crippen molar-refractivity contribution in [2.75, 3.05) is 6.54 Å². The second-order valence-electron chi connectivity index (χ2n) is 3.59. The minimum Gasteiger partial charge on any atom is -0.310 e. The molecule has 0 radical (unpaired) electrons. The van der Waals surface area contributed by atoms with Gasteiger partial charge in [-0.15, -0.1) is 0 Å². The predicted molar refractivity (Wildman–Crippen MR) is 57.9 cm³/mol. The molecule has 0 bridgehead atoms. The lowest BCUT2D eigenvalue weighted by Crippen LogP contribution is -2.19. The van der Waals surface area contributed by atoms with Crippen LogP contribution in [-0.2, 0) is 0 Å². The standard InChI is InChI=1S/C12H19N/c1-4-8-13-11(3)12-7-5-6-10(2)9-12/h5-7,9,11,13H,4,8H2,1-3H3/t11-/m1/s1. The molecule has 1 rings (SSSR count). The molecule has 0 aliphatic rings. The van der Waals surface area contributed by atoms with Crippen molar-refractivity contribution in [3.8, 4) is 0 Å². The maximum atomic E-state index is 3.48. The van der Waals surface area contributed by atoms with E-state index >= 15 is 0 Å². The van der Waals surface area contributed by atoms with E-state index in [0.717, 1.165) is 6.54 Å². The van der Waals surface area contributed by atoms with Gasteiger partial charge in [0.05, 0.1) is 0 Å². The third-order valence-electron chi connectivity index (χ3n) is 2.24. The highest BCUT2D eigenvalue weighted by atomic mass is 14.9. The Labute approximate surface area is 81.2 Å². The number of hydrogen-bond acceptors (Lipinski definition) is 1. The summed E-state index contributed by atoms with van der Waals surface area (Å²) in [6, 6.07) is 9.15. The Bertz CT molecular complexity index is 255. The summed E-state index contributed by atoms with van der Waals surface area (Å²) >= 11 is 0. The van der Waals surface area contributed by atoms with Crippen molar-refractivity contribution in [3.63, 3.8) is 0 Å². The molecule has 0 saturated heterocycles. The van der Waals surface area contributed by atoms with Gasteiger partial charge in [0.2, 0.25) is 0 Å². The molecule has 0 saturated carbocycles. The highest BCUT2D eigenvalue weighted by Crippen LogP contribution is 2.13.